The van der Waals surface area contributed by atoms with Crippen molar-refractivity contribution in [1.82, 2.24) is 24.6 Å². The van der Waals surface area contributed by atoms with Gasteiger partial charge in [-0.3, -0.25) is 9.78 Å². The van der Waals surface area contributed by atoms with Gasteiger partial charge in [-0.05, 0) is 12.8 Å². The van der Waals surface area contributed by atoms with Crippen LogP contribution in [0.1, 0.15) is 33.6 Å². The Morgan fingerprint density at radius 2 is 2.30 bits per heavy atom. The number of imidazole rings is 1. The summed E-state index contributed by atoms with van der Waals surface area (Å²) in [5, 5.41) is 12.1. The van der Waals surface area contributed by atoms with Crippen LogP contribution in [0.2, 0.25) is 0 Å². The molecule has 1 aliphatic carbocycles. The lowest BCUT2D eigenvalue weighted by Crippen LogP contribution is -2.11. The van der Waals surface area contributed by atoms with E-state index in [1.54, 1.807) is 29.2 Å². The van der Waals surface area contributed by atoms with Gasteiger partial charge in [0.1, 0.15) is 5.01 Å². The van der Waals surface area contributed by atoms with Gasteiger partial charge in [0.05, 0.1) is 12.4 Å². The number of rotatable bonds is 3. The van der Waals surface area contributed by atoms with Crippen LogP contribution in [0.5, 0.6) is 0 Å². The predicted octanol–water partition coefficient (Wildman–Crippen LogP) is 1.71. The van der Waals surface area contributed by atoms with Crippen molar-refractivity contribution in [2.24, 2.45) is 0 Å². The fourth-order valence-electron chi connectivity index (χ4n) is 1.89. The number of hydrogen-bond donors (Lipinski definition) is 1. The molecule has 3 aromatic rings. The molecule has 0 aromatic carbocycles. The number of anilines is 1. The molecule has 100 valence electrons. The Hall–Kier alpha value is -2.35. The number of amides is 1. The van der Waals surface area contributed by atoms with E-state index >= 15 is 0 Å². The molecule has 1 saturated carbocycles. The van der Waals surface area contributed by atoms with Gasteiger partial charge >= 0.3 is 0 Å². The zero-order chi connectivity index (χ0) is 13.5. The lowest BCUT2D eigenvalue weighted by atomic mass is 10.5. The molecule has 20 heavy (non-hydrogen) atoms. The SMILES string of the molecule is O=C(Nc1cn2ccncc2n1)c1nnc(C2CC2)s1. The van der Waals surface area contributed by atoms with Crippen molar-refractivity contribution in [3.63, 3.8) is 0 Å². The molecule has 1 amide bonds. The van der Waals surface area contributed by atoms with Gasteiger partial charge in [0, 0.05) is 18.3 Å². The van der Waals surface area contributed by atoms with Crippen LogP contribution in [0.4, 0.5) is 5.82 Å². The van der Waals surface area contributed by atoms with Crippen LogP contribution in [-0.2, 0) is 0 Å². The first-order chi connectivity index (χ1) is 9.79. The highest BCUT2D eigenvalue weighted by Crippen LogP contribution is 2.41. The minimum Gasteiger partial charge on any atom is -0.303 e. The number of hydrogen-bond acceptors (Lipinski definition) is 6. The van der Waals surface area contributed by atoms with Crippen LogP contribution >= 0.6 is 11.3 Å². The molecule has 0 atom stereocenters. The van der Waals surface area contributed by atoms with Crippen LogP contribution in [0, 0.1) is 0 Å². The van der Waals surface area contributed by atoms with E-state index in [2.05, 4.69) is 25.5 Å². The summed E-state index contributed by atoms with van der Waals surface area (Å²) in [6, 6.07) is 0. The number of nitrogens with zero attached hydrogens (tertiary/aromatic N) is 5. The van der Waals surface area contributed by atoms with Crippen molar-refractivity contribution < 1.29 is 4.79 Å². The van der Waals surface area contributed by atoms with Crippen LogP contribution < -0.4 is 5.32 Å². The second-order valence-corrected chi connectivity index (χ2v) is 5.65. The maximum Gasteiger partial charge on any atom is 0.287 e. The van der Waals surface area contributed by atoms with E-state index in [1.165, 1.54) is 11.3 Å². The number of carbonyl (C=O) groups is 1. The number of fused-ring (bicyclic) bond motifs is 1. The summed E-state index contributed by atoms with van der Waals surface area (Å²) in [5.41, 5.74) is 0.679. The first-order valence-electron chi connectivity index (χ1n) is 6.23. The Morgan fingerprint density at radius 3 is 3.10 bits per heavy atom. The monoisotopic (exact) mass is 286 g/mol. The minimum absolute atomic E-state index is 0.272. The highest BCUT2D eigenvalue weighted by Gasteiger charge is 2.28. The van der Waals surface area contributed by atoms with E-state index < -0.39 is 0 Å². The first-order valence-corrected chi connectivity index (χ1v) is 7.05. The predicted molar refractivity (Wildman–Crippen MR) is 72.8 cm³/mol. The van der Waals surface area contributed by atoms with Crippen LogP contribution in [-0.4, -0.2) is 30.5 Å². The largest absolute Gasteiger partial charge is 0.303 e. The molecule has 7 nitrogen and oxygen atoms in total. The maximum absolute atomic E-state index is 12.1. The smallest absolute Gasteiger partial charge is 0.287 e. The van der Waals surface area contributed by atoms with Crippen LogP contribution in [0.15, 0.2) is 24.8 Å². The second kappa shape index (κ2) is 4.34. The molecule has 1 aliphatic rings. The van der Waals surface area contributed by atoms with Crippen molar-refractivity contribution in [3.8, 4) is 0 Å². The Labute approximate surface area is 117 Å². The Balaban J connectivity index is 1.55. The van der Waals surface area contributed by atoms with Gasteiger partial charge in [0.25, 0.3) is 5.91 Å². The van der Waals surface area contributed by atoms with Gasteiger partial charge in [-0.2, -0.15) is 0 Å². The third-order valence-corrected chi connectivity index (χ3v) is 4.15. The van der Waals surface area contributed by atoms with Crippen LogP contribution in [0.3, 0.4) is 0 Å². The summed E-state index contributed by atoms with van der Waals surface area (Å²) in [6.07, 6.45) is 9.09. The Morgan fingerprint density at radius 1 is 1.40 bits per heavy atom. The molecule has 8 heteroatoms. The molecule has 0 unspecified atom stereocenters. The maximum atomic E-state index is 12.1. The van der Waals surface area contributed by atoms with E-state index in [9.17, 15) is 4.79 Å². The van der Waals surface area contributed by atoms with Crippen molar-refractivity contribution in [2.75, 3.05) is 5.32 Å². The molecular formula is C12H10N6OS. The molecular weight excluding hydrogens is 276 g/mol. The standard InChI is InChI=1S/C12H10N6OS/c19-10(12-17-16-11(20-12)7-1-2-7)15-8-6-18-4-3-13-5-9(18)14-8/h3-7H,1-2H2,(H,15,19). The third kappa shape index (κ3) is 2.03. The Kier molecular flexibility index (Phi) is 2.49. The summed E-state index contributed by atoms with van der Waals surface area (Å²) in [7, 11) is 0. The van der Waals surface area contributed by atoms with Crippen molar-refractivity contribution in [3.05, 3.63) is 34.8 Å². The normalized spacial score (nSPS) is 14.6. The quantitative estimate of drug-likeness (QED) is 0.792. The summed E-state index contributed by atoms with van der Waals surface area (Å²) in [5.74, 6) is 0.715. The zero-order valence-electron chi connectivity index (χ0n) is 10.4. The zero-order valence-corrected chi connectivity index (χ0v) is 11.2. The van der Waals surface area contributed by atoms with Gasteiger partial charge in [-0.15, -0.1) is 10.2 Å². The number of nitrogens with one attached hydrogen (secondary N) is 1. The second-order valence-electron chi connectivity index (χ2n) is 4.64. The molecule has 1 N–H and O–H groups in total. The lowest BCUT2D eigenvalue weighted by molar-refractivity contribution is 0.102. The van der Waals surface area contributed by atoms with E-state index in [1.807, 2.05) is 0 Å². The fourth-order valence-corrected chi connectivity index (χ4v) is 2.80. The topological polar surface area (TPSA) is 85.1 Å². The highest BCUT2D eigenvalue weighted by atomic mass is 32.1. The third-order valence-electron chi connectivity index (χ3n) is 3.07. The lowest BCUT2D eigenvalue weighted by Gasteiger charge is -1.95. The number of carbonyl (C=O) groups excluding carboxylic acids is 1. The van der Waals surface area contributed by atoms with Gasteiger partial charge in [0.2, 0.25) is 5.01 Å². The molecule has 3 aromatic heterocycles. The van der Waals surface area contributed by atoms with Crippen molar-refractivity contribution in [2.45, 2.75) is 18.8 Å². The molecule has 4 rings (SSSR count). The highest BCUT2D eigenvalue weighted by molar-refractivity contribution is 7.13. The molecule has 0 aliphatic heterocycles. The fraction of sp³-hybridized carbons (Fsp3) is 0.250. The Bertz CT molecular complexity index is 757. The van der Waals surface area contributed by atoms with E-state index in [4.69, 9.17) is 0 Å². The van der Waals surface area contributed by atoms with E-state index in [-0.39, 0.29) is 5.91 Å². The summed E-state index contributed by atoms with van der Waals surface area (Å²) in [6.45, 7) is 0. The molecule has 0 bridgehead atoms. The van der Waals surface area contributed by atoms with Crippen LogP contribution in [0.25, 0.3) is 5.65 Å². The first kappa shape index (κ1) is 11.5. The molecule has 3 heterocycles. The summed E-state index contributed by atoms with van der Waals surface area (Å²) in [4.78, 5) is 20.3. The minimum atomic E-state index is -0.272. The average molecular weight is 286 g/mol. The average Bonchev–Trinajstić information content (AvgIpc) is 3.03. The molecule has 0 spiro atoms. The van der Waals surface area contributed by atoms with Crippen molar-refractivity contribution in [1.29, 1.82) is 0 Å². The summed E-state index contributed by atoms with van der Waals surface area (Å²) < 4.78 is 1.79. The number of aromatic nitrogens is 5. The van der Waals surface area contributed by atoms with E-state index in [0.717, 1.165) is 17.8 Å². The van der Waals surface area contributed by atoms with E-state index in [0.29, 0.717) is 22.4 Å². The molecule has 1 fully saturated rings. The van der Waals surface area contributed by atoms with Gasteiger partial charge < -0.3 is 9.72 Å². The van der Waals surface area contributed by atoms with Gasteiger partial charge in [0.15, 0.2) is 11.5 Å². The molecule has 0 saturated heterocycles. The molecule has 0 radical (unpaired) electrons. The summed E-state index contributed by atoms with van der Waals surface area (Å²) >= 11 is 1.36. The van der Waals surface area contributed by atoms with Crippen molar-refractivity contribution >= 4 is 28.7 Å². The van der Waals surface area contributed by atoms with Gasteiger partial charge in [-0.25, -0.2) is 4.98 Å². The van der Waals surface area contributed by atoms with Gasteiger partial charge in [-0.1, -0.05) is 11.3 Å².